The van der Waals surface area contributed by atoms with Crippen LogP contribution in [0.15, 0.2) is 0 Å². The Hall–Kier alpha value is -0.760. The summed E-state index contributed by atoms with van der Waals surface area (Å²) in [5.74, 6) is 0.415. The molecule has 35 heavy (non-hydrogen) atoms. The van der Waals surface area contributed by atoms with Gasteiger partial charge in [0.15, 0.2) is 19.7 Å². The molecule has 2 atom stereocenters. The number of unbranched alkanes of at least 4 members (excludes halogenated alkanes) is 10. The summed E-state index contributed by atoms with van der Waals surface area (Å²) in [6, 6.07) is 0. The summed E-state index contributed by atoms with van der Waals surface area (Å²) in [4.78, 5) is 23.7. The molecule has 0 N–H and O–H groups in total. The van der Waals surface area contributed by atoms with Crippen LogP contribution in [0.1, 0.15) is 137 Å². The molecule has 0 bridgehead atoms. The van der Waals surface area contributed by atoms with Gasteiger partial charge in [-0.3, -0.25) is 9.59 Å². The molecule has 0 aromatic rings. The van der Waals surface area contributed by atoms with Crippen LogP contribution in [0.2, 0.25) is 0 Å². The largest absolute Gasteiger partial charge is 0.300 e. The van der Waals surface area contributed by atoms with Gasteiger partial charge in [-0.25, -0.2) is 16.8 Å². The summed E-state index contributed by atoms with van der Waals surface area (Å²) >= 11 is 0. The minimum Gasteiger partial charge on any atom is -0.300 e. The van der Waals surface area contributed by atoms with Crippen LogP contribution in [-0.4, -0.2) is 50.4 Å². The summed E-state index contributed by atoms with van der Waals surface area (Å²) < 4.78 is 49.5. The molecule has 0 aliphatic carbocycles. The second kappa shape index (κ2) is 19.4. The highest BCUT2D eigenvalue weighted by atomic mass is 32.2. The zero-order valence-corrected chi connectivity index (χ0v) is 24.5. The van der Waals surface area contributed by atoms with Crippen LogP contribution in [0, 0.1) is 0 Å². The molecule has 0 aliphatic rings. The highest BCUT2D eigenvalue weighted by Gasteiger charge is 2.23. The number of hydrogen-bond acceptors (Lipinski definition) is 6. The Labute approximate surface area is 216 Å². The van der Waals surface area contributed by atoms with Crippen molar-refractivity contribution < 1.29 is 26.4 Å². The molecule has 0 aliphatic heterocycles. The lowest BCUT2D eigenvalue weighted by Crippen LogP contribution is -2.24. The number of rotatable bonds is 24. The van der Waals surface area contributed by atoms with Gasteiger partial charge in [0.25, 0.3) is 0 Å². The minimum absolute atomic E-state index is 0.0487. The van der Waals surface area contributed by atoms with Crippen molar-refractivity contribution in [2.75, 3.05) is 11.5 Å². The molecule has 2 unspecified atom stereocenters. The zero-order chi connectivity index (χ0) is 26.7. The maximum Gasteiger partial charge on any atom is 0.153 e. The maximum absolute atomic E-state index is 12.4. The second-order valence-electron chi connectivity index (χ2n) is 10.2. The molecule has 0 fully saturated rings. The van der Waals surface area contributed by atoms with Crippen LogP contribution >= 0.6 is 0 Å². The molecule has 0 saturated carbocycles. The highest BCUT2D eigenvalue weighted by Crippen LogP contribution is 2.16. The lowest BCUT2D eigenvalue weighted by molar-refractivity contribution is -0.119. The fraction of sp³-hybridized carbons (Fsp3) is 0.926. The van der Waals surface area contributed by atoms with E-state index in [-0.39, 0.29) is 35.9 Å². The summed E-state index contributed by atoms with van der Waals surface area (Å²) in [5.41, 5.74) is 0. The van der Waals surface area contributed by atoms with Gasteiger partial charge in [-0.15, -0.1) is 0 Å². The smallest absolute Gasteiger partial charge is 0.153 e. The van der Waals surface area contributed by atoms with Gasteiger partial charge in [0.05, 0.1) is 22.0 Å². The Morgan fingerprint density at radius 3 is 1.09 bits per heavy atom. The third kappa shape index (κ3) is 17.4. The fourth-order valence-corrected chi connectivity index (χ4v) is 6.99. The van der Waals surface area contributed by atoms with Crippen LogP contribution in [-0.2, 0) is 29.3 Å². The van der Waals surface area contributed by atoms with Gasteiger partial charge in [-0.2, -0.15) is 0 Å². The van der Waals surface area contributed by atoms with Crippen molar-refractivity contribution >= 4 is 31.2 Å². The Morgan fingerprint density at radius 1 is 0.514 bits per heavy atom. The quantitative estimate of drug-likeness (QED) is 0.132. The molecule has 0 amide bonds. The number of carbonyl (C=O) groups excluding carboxylic acids is 2. The van der Waals surface area contributed by atoms with E-state index >= 15 is 0 Å². The molecule has 0 rings (SSSR count). The van der Waals surface area contributed by atoms with Crippen molar-refractivity contribution in [2.45, 2.75) is 147 Å². The van der Waals surface area contributed by atoms with Crippen LogP contribution in [0.5, 0.6) is 0 Å². The Bertz CT molecular complexity index is 720. The summed E-state index contributed by atoms with van der Waals surface area (Å²) in [5, 5.41) is -1.17. The average molecular weight is 537 g/mol. The third-order valence-corrected chi connectivity index (χ3v) is 11.2. The molecule has 0 heterocycles. The first kappa shape index (κ1) is 34.2. The fourth-order valence-electron chi connectivity index (χ4n) is 4.09. The van der Waals surface area contributed by atoms with Gasteiger partial charge >= 0.3 is 0 Å². The molecule has 8 heteroatoms. The average Bonchev–Trinajstić information content (AvgIpc) is 2.79. The number of hydrogen-bond donors (Lipinski definition) is 0. The Balaban J connectivity index is 3.84. The maximum atomic E-state index is 12.4. The van der Waals surface area contributed by atoms with Gasteiger partial charge in [0.1, 0.15) is 11.6 Å². The molecule has 0 spiro atoms. The predicted molar refractivity (Wildman–Crippen MR) is 146 cm³/mol. The van der Waals surface area contributed by atoms with E-state index in [4.69, 9.17) is 0 Å². The standard InChI is InChI=1S/C27H52O6S2/c1-5-7-18-26(28)22-24(3)34(30,31)20-16-14-12-10-9-11-13-15-17-21-35(32,33)25(4)23-27(29)19-8-6-2/h24-25H,5-23H2,1-4H3. The predicted octanol–water partition coefficient (Wildman–Crippen LogP) is 6.40. The van der Waals surface area contributed by atoms with E-state index in [0.29, 0.717) is 25.7 Å². The van der Waals surface area contributed by atoms with Gasteiger partial charge in [-0.1, -0.05) is 71.6 Å². The van der Waals surface area contributed by atoms with Crippen molar-refractivity contribution in [3.63, 3.8) is 0 Å². The van der Waals surface area contributed by atoms with Crippen molar-refractivity contribution in [1.82, 2.24) is 0 Å². The third-order valence-electron chi connectivity index (χ3n) is 6.73. The molecule has 0 saturated heterocycles. The zero-order valence-electron chi connectivity index (χ0n) is 22.9. The van der Waals surface area contributed by atoms with Crippen LogP contribution in [0.3, 0.4) is 0 Å². The summed E-state index contributed by atoms with van der Waals surface area (Å²) in [6.45, 7) is 7.34. The molecule has 208 valence electrons. The monoisotopic (exact) mass is 536 g/mol. The topological polar surface area (TPSA) is 102 Å². The van der Waals surface area contributed by atoms with E-state index in [9.17, 15) is 26.4 Å². The van der Waals surface area contributed by atoms with Crippen molar-refractivity contribution in [2.24, 2.45) is 0 Å². The lowest BCUT2D eigenvalue weighted by Gasteiger charge is -2.12. The van der Waals surface area contributed by atoms with E-state index in [1.54, 1.807) is 13.8 Å². The Kier molecular flexibility index (Phi) is 18.9. The molecule has 6 nitrogen and oxygen atoms in total. The van der Waals surface area contributed by atoms with E-state index in [1.165, 1.54) is 0 Å². The van der Waals surface area contributed by atoms with Crippen LogP contribution in [0.4, 0.5) is 0 Å². The van der Waals surface area contributed by atoms with Gasteiger partial charge in [0, 0.05) is 25.7 Å². The van der Waals surface area contributed by atoms with E-state index in [1.807, 2.05) is 13.8 Å². The lowest BCUT2D eigenvalue weighted by atomic mass is 10.1. The number of carbonyl (C=O) groups is 2. The summed E-state index contributed by atoms with van der Waals surface area (Å²) in [6.07, 6.45) is 13.0. The first-order valence-electron chi connectivity index (χ1n) is 13.9. The summed E-state index contributed by atoms with van der Waals surface area (Å²) in [7, 11) is -6.41. The van der Waals surface area contributed by atoms with E-state index in [2.05, 4.69) is 0 Å². The van der Waals surface area contributed by atoms with Crippen LogP contribution < -0.4 is 0 Å². The Morgan fingerprint density at radius 2 is 0.800 bits per heavy atom. The molecule has 0 aromatic carbocycles. The van der Waals surface area contributed by atoms with Crippen molar-refractivity contribution in [3.05, 3.63) is 0 Å². The first-order valence-corrected chi connectivity index (χ1v) is 17.4. The number of ketones is 2. The molecule has 0 aromatic heterocycles. The van der Waals surface area contributed by atoms with Crippen molar-refractivity contribution in [3.8, 4) is 0 Å². The van der Waals surface area contributed by atoms with Crippen molar-refractivity contribution in [1.29, 1.82) is 0 Å². The van der Waals surface area contributed by atoms with Crippen LogP contribution in [0.25, 0.3) is 0 Å². The van der Waals surface area contributed by atoms with Gasteiger partial charge in [-0.05, 0) is 39.5 Å². The van der Waals surface area contributed by atoms with E-state index in [0.717, 1.165) is 70.6 Å². The second-order valence-corrected chi connectivity index (χ2v) is 15.3. The molecular weight excluding hydrogens is 484 g/mol. The molecule has 0 radical (unpaired) electrons. The van der Waals surface area contributed by atoms with Gasteiger partial charge in [0.2, 0.25) is 0 Å². The normalized spacial score (nSPS) is 14.1. The highest BCUT2D eigenvalue weighted by molar-refractivity contribution is 7.92. The van der Waals surface area contributed by atoms with E-state index < -0.39 is 30.2 Å². The number of sulfone groups is 2. The SMILES string of the molecule is CCCCC(=O)CC(C)S(=O)(=O)CCCCCCCCCCCS(=O)(=O)C(C)CC(=O)CCCC. The molecular formula is C27H52O6S2. The van der Waals surface area contributed by atoms with Gasteiger partial charge < -0.3 is 0 Å². The first-order chi connectivity index (χ1) is 16.5. The number of Topliss-reactive ketones (excluding diaryl/α,β-unsaturated/α-hetero) is 2. The minimum atomic E-state index is -3.21.